The molecule has 0 saturated carbocycles. The summed E-state index contributed by atoms with van der Waals surface area (Å²) in [7, 11) is -2.67. The van der Waals surface area contributed by atoms with Crippen molar-refractivity contribution in [2.45, 2.75) is 11.3 Å². The molecule has 2 aromatic carbocycles. The summed E-state index contributed by atoms with van der Waals surface area (Å²) in [5.41, 5.74) is 5.28. The Kier molecular flexibility index (Phi) is 6.74. The minimum atomic E-state index is -4.03. The molecule has 0 spiro atoms. The van der Waals surface area contributed by atoms with Gasteiger partial charge in [-0.2, -0.15) is 0 Å². The van der Waals surface area contributed by atoms with E-state index in [0.29, 0.717) is 4.47 Å². The highest BCUT2D eigenvalue weighted by Crippen LogP contribution is 2.37. The van der Waals surface area contributed by atoms with Crippen LogP contribution in [0, 0.1) is 0 Å². The van der Waals surface area contributed by atoms with Crippen LogP contribution in [-0.2, 0) is 14.8 Å². The quantitative estimate of drug-likeness (QED) is 0.625. The number of benzene rings is 2. The number of methoxy groups -OCH3 is 1. The highest BCUT2D eigenvalue weighted by atomic mass is 79.9. The second-order valence-corrected chi connectivity index (χ2v) is 8.03. The number of hydrogen-bond acceptors (Lipinski definition) is 5. The maximum atomic E-state index is 12.8. The third-order valence-electron chi connectivity index (χ3n) is 3.21. The summed E-state index contributed by atoms with van der Waals surface area (Å²) in [6.07, 6.45) is 0.0101. The zero-order valence-electron chi connectivity index (χ0n) is 13.7. The fraction of sp³-hybridized carbons (Fsp3) is 0.188. The lowest BCUT2D eigenvalue weighted by Gasteiger charge is -2.16. The summed E-state index contributed by atoms with van der Waals surface area (Å²) in [6.45, 7) is 0.0279. The molecule has 26 heavy (non-hydrogen) atoms. The molecule has 7 nitrogen and oxygen atoms in total. The van der Waals surface area contributed by atoms with E-state index in [1.54, 1.807) is 18.2 Å². The van der Waals surface area contributed by atoms with E-state index in [0.717, 1.165) is 0 Å². The molecule has 0 aliphatic heterocycles. The molecule has 0 atom stereocenters. The maximum Gasteiger partial charge on any atom is 0.265 e. The van der Waals surface area contributed by atoms with Crippen molar-refractivity contribution in [1.82, 2.24) is 0 Å². The molecule has 0 aliphatic rings. The number of carbonyl (C=O) groups excluding carboxylic acids is 1. The first-order valence-corrected chi connectivity index (χ1v) is 9.96. The van der Waals surface area contributed by atoms with Crippen LogP contribution in [0.5, 0.6) is 11.5 Å². The monoisotopic (exact) mass is 462 g/mol. The van der Waals surface area contributed by atoms with Gasteiger partial charge in [-0.05, 0) is 40.2 Å². The molecule has 0 fully saturated rings. The molecule has 0 radical (unpaired) electrons. The Morgan fingerprint density at radius 1 is 1.31 bits per heavy atom. The first-order chi connectivity index (χ1) is 12.2. The van der Waals surface area contributed by atoms with Crippen molar-refractivity contribution in [3.05, 3.63) is 45.9 Å². The van der Waals surface area contributed by atoms with Gasteiger partial charge in [0.15, 0.2) is 5.75 Å². The largest absolute Gasteiger partial charge is 0.494 e. The van der Waals surface area contributed by atoms with Gasteiger partial charge in [0.1, 0.15) is 10.6 Å². The number of ether oxygens (including phenoxy) is 2. The van der Waals surface area contributed by atoms with Crippen molar-refractivity contribution in [3.63, 3.8) is 0 Å². The molecule has 0 aromatic heterocycles. The van der Waals surface area contributed by atoms with E-state index in [1.807, 2.05) is 0 Å². The molecular formula is C16H16BrClN2O5S. The first-order valence-electron chi connectivity index (χ1n) is 7.30. The van der Waals surface area contributed by atoms with Crippen molar-refractivity contribution in [3.8, 4) is 11.5 Å². The summed E-state index contributed by atoms with van der Waals surface area (Å²) in [4.78, 5) is 10.7. The van der Waals surface area contributed by atoms with Gasteiger partial charge in [0.2, 0.25) is 5.91 Å². The summed E-state index contributed by atoms with van der Waals surface area (Å²) in [5.74, 6) is -0.136. The van der Waals surface area contributed by atoms with Gasteiger partial charge in [-0.25, -0.2) is 8.42 Å². The minimum Gasteiger partial charge on any atom is -0.494 e. The van der Waals surface area contributed by atoms with E-state index in [4.69, 9.17) is 26.8 Å². The number of primary amides is 1. The number of carbonyl (C=O) groups is 1. The zero-order chi connectivity index (χ0) is 19.3. The van der Waals surface area contributed by atoms with E-state index < -0.39 is 15.9 Å². The Labute approximate surface area is 164 Å². The smallest absolute Gasteiger partial charge is 0.265 e. The molecule has 0 saturated heterocycles. The number of hydrogen-bond donors (Lipinski definition) is 2. The molecule has 140 valence electrons. The average molecular weight is 464 g/mol. The number of nitrogens with one attached hydrogen (secondary N) is 1. The van der Waals surface area contributed by atoms with E-state index in [9.17, 15) is 13.2 Å². The number of halogens is 2. The minimum absolute atomic E-state index is 0.0101. The van der Waals surface area contributed by atoms with Crippen molar-refractivity contribution in [2.75, 3.05) is 18.4 Å². The SMILES string of the molecule is COc1c(Br)cc(Cl)cc1S(=O)(=O)Nc1ccccc1OCCC(N)=O. The lowest BCUT2D eigenvalue weighted by Crippen LogP contribution is -2.17. The fourth-order valence-corrected chi connectivity index (χ4v) is 4.53. The Bertz CT molecular complexity index is 921. The van der Waals surface area contributed by atoms with Crippen LogP contribution in [0.4, 0.5) is 5.69 Å². The number of sulfonamides is 1. The van der Waals surface area contributed by atoms with Gasteiger partial charge < -0.3 is 15.2 Å². The number of para-hydroxylation sites is 2. The summed E-state index contributed by atoms with van der Waals surface area (Å²) < 4.78 is 39.1. The highest BCUT2D eigenvalue weighted by molar-refractivity contribution is 9.10. The zero-order valence-corrected chi connectivity index (χ0v) is 16.8. The first kappa shape index (κ1) is 20.3. The van der Waals surface area contributed by atoms with Crippen LogP contribution < -0.4 is 19.9 Å². The van der Waals surface area contributed by atoms with E-state index >= 15 is 0 Å². The third kappa shape index (κ3) is 5.03. The van der Waals surface area contributed by atoms with Crippen LogP contribution in [-0.4, -0.2) is 28.0 Å². The van der Waals surface area contributed by atoms with E-state index in [2.05, 4.69) is 20.7 Å². The normalized spacial score (nSPS) is 11.0. The molecule has 1 amide bonds. The second-order valence-electron chi connectivity index (χ2n) is 5.09. The lowest BCUT2D eigenvalue weighted by atomic mass is 10.3. The fourth-order valence-electron chi connectivity index (χ4n) is 2.07. The molecule has 2 aromatic rings. The summed E-state index contributed by atoms with van der Waals surface area (Å²) in [6, 6.07) is 9.23. The van der Waals surface area contributed by atoms with Crippen LogP contribution in [0.1, 0.15) is 6.42 Å². The van der Waals surface area contributed by atoms with Gasteiger partial charge in [0, 0.05) is 5.02 Å². The Balaban J connectivity index is 2.35. The molecule has 0 aliphatic carbocycles. The Hall–Kier alpha value is -1.97. The molecule has 2 rings (SSSR count). The van der Waals surface area contributed by atoms with Gasteiger partial charge in [-0.15, -0.1) is 0 Å². The number of anilines is 1. The topological polar surface area (TPSA) is 108 Å². The van der Waals surface area contributed by atoms with Crippen molar-refractivity contribution in [1.29, 1.82) is 0 Å². The molecule has 10 heteroatoms. The van der Waals surface area contributed by atoms with Crippen molar-refractivity contribution >= 4 is 49.1 Å². The molecule has 0 heterocycles. The maximum absolute atomic E-state index is 12.8. The second kappa shape index (κ2) is 8.61. The van der Waals surface area contributed by atoms with Crippen LogP contribution >= 0.6 is 27.5 Å². The molecular weight excluding hydrogens is 448 g/mol. The Morgan fingerprint density at radius 3 is 2.65 bits per heavy atom. The van der Waals surface area contributed by atoms with Gasteiger partial charge in [-0.3, -0.25) is 9.52 Å². The van der Waals surface area contributed by atoms with Gasteiger partial charge in [0.05, 0.1) is 30.3 Å². The average Bonchev–Trinajstić information content (AvgIpc) is 2.55. The van der Waals surface area contributed by atoms with Gasteiger partial charge in [0.25, 0.3) is 10.0 Å². The third-order valence-corrected chi connectivity index (χ3v) is 5.38. The number of nitrogens with two attached hydrogens (primary N) is 1. The number of amides is 1. The molecule has 0 bridgehead atoms. The standard InChI is InChI=1S/C16H16BrClN2O5S/c1-24-16-11(17)8-10(18)9-14(16)26(22,23)20-12-4-2-3-5-13(12)25-7-6-15(19)21/h2-5,8-9,20H,6-7H2,1H3,(H2,19,21). The predicted octanol–water partition coefficient (Wildman–Crippen LogP) is 3.17. The van der Waals surface area contributed by atoms with E-state index in [-0.39, 0.29) is 40.1 Å². The van der Waals surface area contributed by atoms with Crippen LogP contribution in [0.25, 0.3) is 0 Å². The van der Waals surface area contributed by atoms with Crippen molar-refractivity contribution in [2.24, 2.45) is 5.73 Å². The summed E-state index contributed by atoms with van der Waals surface area (Å²) in [5, 5.41) is 0.226. The number of rotatable bonds is 8. The predicted molar refractivity (Wildman–Crippen MR) is 102 cm³/mol. The molecule has 3 N–H and O–H groups in total. The van der Waals surface area contributed by atoms with Gasteiger partial charge >= 0.3 is 0 Å². The van der Waals surface area contributed by atoms with Gasteiger partial charge in [-0.1, -0.05) is 23.7 Å². The highest BCUT2D eigenvalue weighted by Gasteiger charge is 2.24. The summed E-state index contributed by atoms with van der Waals surface area (Å²) >= 11 is 9.20. The van der Waals surface area contributed by atoms with E-state index in [1.165, 1.54) is 25.3 Å². The van der Waals surface area contributed by atoms with Crippen LogP contribution in [0.15, 0.2) is 45.8 Å². The van der Waals surface area contributed by atoms with Crippen LogP contribution in [0.2, 0.25) is 5.02 Å². The molecule has 0 unspecified atom stereocenters. The lowest BCUT2D eigenvalue weighted by molar-refractivity contribution is -0.118. The van der Waals surface area contributed by atoms with Crippen LogP contribution in [0.3, 0.4) is 0 Å². The Morgan fingerprint density at radius 2 is 2.00 bits per heavy atom. The van der Waals surface area contributed by atoms with Crippen molar-refractivity contribution < 1.29 is 22.7 Å².